The van der Waals surface area contributed by atoms with Crippen LogP contribution in [0.5, 0.6) is 0 Å². The summed E-state index contributed by atoms with van der Waals surface area (Å²) in [6, 6.07) is 9.41. The summed E-state index contributed by atoms with van der Waals surface area (Å²) in [5.74, 6) is -0.339. The summed E-state index contributed by atoms with van der Waals surface area (Å²) in [7, 11) is 0. The van der Waals surface area contributed by atoms with Gasteiger partial charge in [0.2, 0.25) is 5.91 Å². The number of rotatable bonds is 6. The number of aldehydes is 1. The largest absolute Gasteiger partial charge is 0.447 e. The Morgan fingerprint density at radius 3 is 2.81 bits per heavy atom. The fourth-order valence-electron chi connectivity index (χ4n) is 2.45. The van der Waals surface area contributed by atoms with Gasteiger partial charge in [-0.25, -0.2) is 9.69 Å². The third kappa shape index (κ3) is 3.90. The van der Waals surface area contributed by atoms with Crippen molar-refractivity contribution >= 4 is 18.3 Å². The Labute approximate surface area is 123 Å². The first-order valence-corrected chi connectivity index (χ1v) is 7.08. The highest BCUT2D eigenvalue weighted by Gasteiger charge is 2.37. The molecule has 1 aliphatic rings. The van der Waals surface area contributed by atoms with Crippen molar-refractivity contribution in [1.29, 1.82) is 0 Å². The van der Waals surface area contributed by atoms with E-state index in [0.717, 1.165) is 11.8 Å². The number of carbonyl (C=O) groups excluding carboxylic acids is 3. The average molecular weight is 289 g/mol. The van der Waals surface area contributed by atoms with E-state index < -0.39 is 6.09 Å². The molecular weight excluding hydrogens is 270 g/mol. The maximum atomic E-state index is 12.3. The molecule has 2 amide bonds. The number of imide groups is 1. The molecule has 0 spiro atoms. The molecule has 2 rings (SSSR count). The summed E-state index contributed by atoms with van der Waals surface area (Å²) < 4.78 is 5.01. The molecule has 112 valence electrons. The van der Waals surface area contributed by atoms with Crippen LogP contribution < -0.4 is 0 Å². The second-order valence-corrected chi connectivity index (χ2v) is 5.40. The molecular formula is C16H19NO4. The molecule has 0 aromatic heterocycles. The van der Waals surface area contributed by atoms with Gasteiger partial charge >= 0.3 is 6.09 Å². The second kappa shape index (κ2) is 7.02. The van der Waals surface area contributed by atoms with Crippen LogP contribution >= 0.6 is 0 Å². The SMILES string of the molecule is CC(CC=O)CC(=O)N1C(=O)OCC1Cc1ccccc1. The Morgan fingerprint density at radius 2 is 2.14 bits per heavy atom. The van der Waals surface area contributed by atoms with Crippen molar-refractivity contribution in [3.05, 3.63) is 35.9 Å². The highest BCUT2D eigenvalue weighted by atomic mass is 16.6. The van der Waals surface area contributed by atoms with Crippen LogP contribution in [-0.4, -0.2) is 35.8 Å². The maximum absolute atomic E-state index is 12.3. The minimum absolute atomic E-state index is 0.0687. The van der Waals surface area contributed by atoms with Crippen molar-refractivity contribution in [2.45, 2.75) is 32.2 Å². The van der Waals surface area contributed by atoms with Crippen LogP contribution in [0.3, 0.4) is 0 Å². The smallest absolute Gasteiger partial charge is 0.416 e. The van der Waals surface area contributed by atoms with E-state index in [4.69, 9.17) is 4.74 Å². The molecule has 0 saturated carbocycles. The Hall–Kier alpha value is -2.17. The van der Waals surface area contributed by atoms with Gasteiger partial charge in [0.1, 0.15) is 12.9 Å². The minimum atomic E-state index is -0.584. The molecule has 2 unspecified atom stereocenters. The van der Waals surface area contributed by atoms with Crippen LogP contribution in [0.15, 0.2) is 30.3 Å². The van der Waals surface area contributed by atoms with Crippen LogP contribution in [0.25, 0.3) is 0 Å². The van der Waals surface area contributed by atoms with Crippen LogP contribution in [0.1, 0.15) is 25.3 Å². The van der Waals surface area contributed by atoms with Gasteiger partial charge in [0.15, 0.2) is 0 Å². The lowest BCUT2D eigenvalue weighted by atomic mass is 10.0. The van der Waals surface area contributed by atoms with E-state index in [0.29, 0.717) is 12.8 Å². The van der Waals surface area contributed by atoms with Crippen LogP contribution in [-0.2, 0) is 20.7 Å². The Kier molecular flexibility index (Phi) is 5.09. The second-order valence-electron chi connectivity index (χ2n) is 5.40. The summed E-state index contributed by atoms with van der Waals surface area (Å²) in [4.78, 5) is 35.7. The van der Waals surface area contributed by atoms with Gasteiger partial charge in [0.05, 0.1) is 6.04 Å². The topological polar surface area (TPSA) is 63.7 Å². The summed E-state index contributed by atoms with van der Waals surface area (Å²) in [6.07, 6.45) is 1.29. The predicted molar refractivity (Wildman–Crippen MR) is 76.6 cm³/mol. The lowest BCUT2D eigenvalue weighted by Crippen LogP contribution is -2.40. The summed E-state index contributed by atoms with van der Waals surface area (Å²) in [6.45, 7) is 2.04. The maximum Gasteiger partial charge on any atom is 0.416 e. The normalized spacial score (nSPS) is 19.2. The number of carbonyl (C=O) groups is 3. The number of nitrogens with zero attached hydrogens (tertiary/aromatic N) is 1. The number of amides is 2. The molecule has 0 N–H and O–H groups in total. The number of ether oxygens (including phenoxy) is 1. The molecule has 1 saturated heterocycles. The third-order valence-corrected chi connectivity index (χ3v) is 3.57. The van der Waals surface area contributed by atoms with E-state index in [1.165, 1.54) is 4.90 Å². The van der Waals surface area contributed by atoms with Gasteiger partial charge in [0.25, 0.3) is 0 Å². The average Bonchev–Trinajstić information content (AvgIpc) is 2.81. The van der Waals surface area contributed by atoms with Crippen molar-refractivity contribution in [3.63, 3.8) is 0 Å². The lowest BCUT2D eigenvalue weighted by Gasteiger charge is -2.21. The molecule has 21 heavy (non-hydrogen) atoms. The lowest BCUT2D eigenvalue weighted by molar-refractivity contribution is -0.130. The van der Waals surface area contributed by atoms with Crippen molar-refractivity contribution in [2.24, 2.45) is 5.92 Å². The van der Waals surface area contributed by atoms with Gasteiger partial charge in [-0.05, 0) is 17.9 Å². The predicted octanol–water partition coefficient (Wildman–Crippen LogP) is 2.19. The molecule has 0 bridgehead atoms. The number of cyclic esters (lactones) is 1. The van der Waals surface area contributed by atoms with Gasteiger partial charge in [-0.3, -0.25) is 4.79 Å². The molecule has 5 nitrogen and oxygen atoms in total. The fourth-order valence-corrected chi connectivity index (χ4v) is 2.45. The van der Waals surface area contributed by atoms with E-state index in [2.05, 4.69) is 0 Å². The molecule has 5 heteroatoms. The number of benzene rings is 1. The van der Waals surface area contributed by atoms with Gasteiger partial charge < -0.3 is 9.53 Å². The standard InChI is InChI=1S/C16H19NO4/c1-12(7-8-18)9-15(19)17-14(11-21-16(17)20)10-13-5-3-2-4-6-13/h2-6,8,12,14H,7,9-11H2,1H3. The van der Waals surface area contributed by atoms with E-state index in [1.54, 1.807) is 0 Å². The zero-order chi connectivity index (χ0) is 15.2. The molecule has 0 radical (unpaired) electrons. The monoisotopic (exact) mass is 289 g/mol. The molecule has 1 aromatic rings. The summed E-state index contributed by atoms with van der Waals surface area (Å²) in [5.41, 5.74) is 1.06. The highest BCUT2D eigenvalue weighted by Crippen LogP contribution is 2.20. The number of hydrogen-bond acceptors (Lipinski definition) is 4. The zero-order valence-corrected chi connectivity index (χ0v) is 12.0. The molecule has 2 atom stereocenters. The summed E-state index contributed by atoms with van der Waals surface area (Å²) >= 11 is 0. The van der Waals surface area contributed by atoms with E-state index in [1.807, 2.05) is 37.3 Å². The molecule has 1 fully saturated rings. The Balaban J connectivity index is 2.02. The fraction of sp³-hybridized carbons (Fsp3) is 0.438. The number of hydrogen-bond donors (Lipinski definition) is 0. The first-order valence-electron chi connectivity index (χ1n) is 7.08. The Morgan fingerprint density at radius 1 is 1.43 bits per heavy atom. The Bertz CT molecular complexity index is 514. The van der Waals surface area contributed by atoms with Crippen molar-refractivity contribution in [3.8, 4) is 0 Å². The molecule has 1 heterocycles. The van der Waals surface area contributed by atoms with E-state index >= 15 is 0 Å². The van der Waals surface area contributed by atoms with Crippen LogP contribution in [0.4, 0.5) is 4.79 Å². The quantitative estimate of drug-likeness (QED) is 0.753. The zero-order valence-electron chi connectivity index (χ0n) is 12.0. The van der Waals surface area contributed by atoms with Gasteiger partial charge in [-0.15, -0.1) is 0 Å². The third-order valence-electron chi connectivity index (χ3n) is 3.57. The van der Waals surface area contributed by atoms with Gasteiger partial charge in [-0.1, -0.05) is 37.3 Å². The first-order chi connectivity index (χ1) is 10.1. The molecule has 1 aromatic carbocycles. The van der Waals surface area contributed by atoms with Crippen LogP contribution in [0, 0.1) is 5.92 Å². The molecule has 1 aliphatic heterocycles. The van der Waals surface area contributed by atoms with Crippen molar-refractivity contribution in [1.82, 2.24) is 4.90 Å². The van der Waals surface area contributed by atoms with E-state index in [9.17, 15) is 14.4 Å². The summed E-state index contributed by atoms with van der Waals surface area (Å²) in [5, 5.41) is 0. The highest BCUT2D eigenvalue weighted by molar-refractivity contribution is 5.93. The van der Waals surface area contributed by atoms with Gasteiger partial charge in [-0.2, -0.15) is 0 Å². The van der Waals surface area contributed by atoms with E-state index in [-0.39, 0.29) is 30.9 Å². The first kappa shape index (κ1) is 15.2. The van der Waals surface area contributed by atoms with Crippen LogP contribution in [0.2, 0.25) is 0 Å². The minimum Gasteiger partial charge on any atom is -0.447 e. The van der Waals surface area contributed by atoms with Crippen molar-refractivity contribution < 1.29 is 19.1 Å². The molecule has 0 aliphatic carbocycles. The van der Waals surface area contributed by atoms with Gasteiger partial charge in [0, 0.05) is 12.8 Å². The van der Waals surface area contributed by atoms with Crippen molar-refractivity contribution in [2.75, 3.05) is 6.61 Å².